The van der Waals surface area contributed by atoms with Crippen molar-refractivity contribution in [2.45, 2.75) is 90.9 Å². The van der Waals surface area contributed by atoms with E-state index in [0.29, 0.717) is 12.1 Å². The fourth-order valence-corrected chi connectivity index (χ4v) is 6.23. The number of carbonyl (C=O) groups is 2. The number of nitrogens with one attached hydrogen (secondary N) is 2. The molecular weight excluding hydrogens is 682 g/mol. The Kier molecular flexibility index (Phi) is 15.4. The highest BCUT2D eigenvalue weighted by Gasteiger charge is 2.28. The van der Waals surface area contributed by atoms with Crippen molar-refractivity contribution >= 4 is 87.2 Å². The molecule has 1 aromatic heterocycles. The van der Waals surface area contributed by atoms with Crippen molar-refractivity contribution in [2.24, 2.45) is 0 Å². The quantitative estimate of drug-likeness (QED) is 0.135. The van der Waals surface area contributed by atoms with Crippen molar-refractivity contribution in [1.82, 2.24) is 9.36 Å². The Balaban J connectivity index is 1.71. The van der Waals surface area contributed by atoms with Crippen LogP contribution in [0.3, 0.4) is 0 Å². The Morgan fingerprint density at radius 3 is 1.93 bits per heavy atom. The van der Waals surface area contributed by atoms with Crippen molar-refractivity contribution in [3.05, 3.63) is 65.8 Å². The number of unbranched alkanes of at least 4 members (excludes halogenated alkanes) is 10. The number of halogens is 5. The van der Waals surface area contributed by atoms with Gasteiger partial charge in [-0.15, -0.1) is 0 Å². The Labute approximate surface area is 289 Å². The number of hydrogen-bond acceptors (Lipinski definition) is 5. The third kappa shape index (κ3) is 10.6. The van der Waals surface area contributed by atoms with Crippen molar-refractivity contribution in [3.63, 3.8) is 0 Å². The molecule has 13 heteroatoms. The molecule has 1 amide bonds. The first-order valence-electron chi connectivity index (χ1n) is 15.3. The first-order valence-corrected chi connectivity index (χ1v) is 17.2. The molecule has 0 aliphatic heterocycles. The monoisotopic (exact) mass is 718 g/mol. The van der Waals surface area contributed by atoms with E-state index >= 15 is 0 Å². The van der Waals surface area contributed by atoms with Crippen LogP contribution in [0.25, 0.3) is 5.69 Å². The summed E-state index contributed by atoms with van der Waals surface area (Å²) in [4.78, 5) is 39.2. The lowest BCUT2D eigenvalue weighted by Crippen LogP contribution is -2.28. The van der Waals surface area contributed by atoms with Gasteiger partial charge in [-0.05, 0) is 43.7 Å². The molecule has 3 rings (SSSR count). The highest BCUT2D eigenvalue weighted by molar-refractivity contribution is 6.41. The van der Waals surface area contributed by atoms with Crippen LogP contribution in [0.2, 0.25) is 25.1 Å². The number of benzene rings is 2. The summed E-state index contributed by atoms with van der Waals surface area (Å²) >= 11 is 31.7. The van der Waals surface area contributed by atoms with Gasteiger partial charge in [0.05, 0.1) is 27.4 Å². The molecule has 45 heavy (non-hydrogen) atoms. The molecule has 0 bridgehead atoms. The molecule has 2 aromatic carbocycles. The van der Waals surface area contributed by atoms with Gasteiger partial charge < -0.3 is 15.4 Å². The minimum absolute atomic E-state index is 0.00131. The van der Waals surface area contributed by atoms with E-state index in [0.717, 1.165) is 28.6 Å². The standard InChI is InChI=1S/C32H39Cl5N4O4/c1-3-5-6-7-8-9-10-11-12-13-14-15-27(42)38-22-16-17-23(34)26(20-22)39-30-28(37)31(43)40(41(30)32(44)45-4-2)29-24(35)18-21(33)19-25(29)36/h16-20,39H,3-15H2,1-2H3,(H,38,42). The average Bonchev–Trinajstić information content (AvgIpc) is 3.22. The second-order valence-electron chi connectivity index (χ2n) is 10.7. The summed E-state index contributed by atoms with van der Waals surface area (Å²) in [6, 6.07) is 7.56. The van der Waals surface area contributed by atoms with E-state index in [9.17, 15) is 14.4 Å². The number of hydrogen-bond donors (Lipinski definition) is 2. The van der Waals surface area contributed by atoms with Crippen molar-refractivity contribution < 1.29 is 14.3 Å². The molecule has 0 atom stereocenters. The molecule has 0 aliphatic carbocycles. The smallest absolute Gasteiger partial charge is 0.435 e. The molecule has 0 spiro atoms. The first kappa shape index (κ1) is 37.1. The fourth-order valence-electron chi connectivity index (χ4n) is 4.88. The Bertz CT molecular complexity index is 1500. The average molecular weight is 721 g/mol. The van der Waals surface area contributed by atoms with Crippen molar-refractivity contribution in [3.8, 4) is 5.69 Å². The molecule has 3 aromatic rings. The molecule has 0 radical (unpaired) electrons. The van der Waals surface area contributed by atoms with E-state index in [4.69, 9.17) is 62.7 Å². The molecule has 0 unspecified atom stereocenters. The number of ether oxygens (including phenoxy) is 1. The zero-order valence-electron chi connectivity index (χ0n) is 25.5. The lowest BCUT2D eigenvalue weighted by molar-refractivity contribution is -0.116. The largest absolute Gasteiger partial charge is 0.448 e. The Morgan fingerprint density at radius 2 is 1.36 bits per heavy atom. The lowest BCUT2D eigenvalue weighted by Gasteiger charge is -2.17. The zero-order chi connectivity index (χ0) is 32.9. The number of nitrogens with zero attached hydrogens (tertiary/aromatic N) is 2. The van der Waals surface area contributed by atoms with Gasteiger partial charge in [-0.2, -0.15) is 4.68 Å². The van der Waals surface area contributed by atoms with Crippen molar-refractivity contribution in [2.75, 3.05) is 17.2 Å². The molecule has 0 saturated carbocycles. The summed E-state index contributed by atoms with van der Waals surface area (Å²) in [6.45, 7) is 3.85. The lowest BCUT2D eigenvalue weighted by atomic mass is 10.1. The van der Waals surface area contributed by atoms with Gasteiger partial charge in [0.25, 0.3) is 5.56 Å². The minimum atomic E-state index is -0.932. The maximum Gasteiger partial charge on any atom is 0.435 e. The zero-order valence-corrected chi connectivity index (χ0v) is 29.3. The molecule has 0 saturated heterocycles. The second-order valence-corrected chi connectivity index (χ2v) is 12.7. The molecule has 2 N–H and O–H groups in total. The van der Waals surface area contributed by atoms with Gasteiger partial charge in [-0.1, -0.05) is 129 Å². The number of rotatable bonds is 17. The van der Waals surface area contributed by atoms with Crippen LogP contribution in [-0.2, 0) is 9.53 Å². The summed E-state index contributed by atoms with van der Waals surface area (Å²) in [6.07, 6.45) is 12.7. The maximum atomic E-state index is 13.4. The first-order chi connectivity index (χ1) is 21.6. The van der Waals surface area contributed by atoms with Crippen LogP contribution < -0.4 is 16.2 Å². The van der Waals surface area contributed by atoms with Crippen LogP contribution in [0, 0.1) is 0 Å². The topological polar surface area (TPSA) is 94.4 Å². The predicted octanol–water partition coefficient (Wildman–Crippen LogP) is 11.3. The third-order valence-corrected chi connectivity index (χ3v) is 8.61. The number of carbonyl (C=O) groups excluding carboxylic acids is 2. The van der Waals surface area contributed by atoms with E-state index in [-0.39, 0.29) is 54.8 Å². The van der Waals surface area contributed by atoms with E-state index in [1.807, 2.05) is 0 Å². The van der Waals surface area contributed by atoms with E-state index in [2.05, 4.69) is 17.6 Å². The number of anilines is 3. The van der Waals surface area contributed by atoms with Gasteiger partial charge in [-0.3, -0.25) is 9.59 Å². The molecule has 8 nitrogen and oxygen atoms in total. The Hall–Kier alpha value is -2.36. The fraction of sp³-hybridized carbons (Fsp3) is 0.469. The molecule has 246 valence electrons. The van der Waals surface area contributed by atoms with Crippen LogP contribution in [0.15, 0.2) is 35.1 Å². The Morgan fingerprint density at radius 1 is 0.778 bits per heavy atom. The van der Waals surface area contributed by atoms with Crippen molar-refractivity contribution in [1.29, 1.82) is 0 Å². The van der Waals surface area contributed by atoms with Gasteiger partial charge in [0.15, 0.2) is 10.8 Å². The summed E-state index contributed by atoms with van der Waals surface area (Å²) < 4.78 is 6.98. The maximum absolute atomic E-state index is 13.4. The van der Waals surface area contributed by atoms with Gasteiger partial charge in [0.1, 0.15) is 5.69 Å². The molecule has 0 aliphatic rings. The summed E-state index contributed by atoms with van der Waals surface area (Å²) in [5.74, 6) is -0.271. The normalized spacial score (nSPS) is 11.1. The van der Waals surface area contributed by atoms with Crippen LogP contribution >= 0.6 is 58.0 Å². The summed E-state index contributed by atoms with van der Waals surface area (Å²) in [5, 5.41) is 5.95. The van der Waals surface area contributed by atoms with Gasteiger partial charge >= 0.3 is 6.09 Å². The van der Waals surface area contributed by atoms with Gasteiger partial charge in [0.2, 0.25) is 5.91 Å². The van der Waals surface area contributed by atoms with Gasteiger partial charge in [0, 0.05) is 17.1 Å². The minimum Gasteiger partial charge on any atom is -0.448 e. The van der Waals surface area contributed by atoms with Gasteiger partial charge in [-0.25, -0.2) is 9.48 Å². The van der Waals surface area contributed by atoms with Crippen LogP contribution in [0.1, 0.15) is 90.9 Å². The van der Waals surface area contributed by atoms with E-state index in [1.54, 1.807) is 25.1 Å². The number of amides is 1. The third-order valence-electron chi connectivity index (χ3n) is 7.14. The number of aromatic nitrogens is 2. The molecule has 0 fully saturated rings. The highest BCUT2D eigenvalue weighted by Crippen LogP contribution is 2.36. The SMILES string of the molecule is CCCCCCCCCCCCCC(=O)Nc1ccc(Cl)c(Nc2c(Cl)c(=O)n(-c3c(Cl)cc(Cl)cc3Cl)n2C(=O)OCC)c1. The second kappa shape index (κ2) is 18.7. The predicted molar refractivity (Wildman–Crippen MR) is 187 cm³/mol. The van der Waals surface area contributed by atoms with E-state index in [1.165, 1.54) is 63.5 Å². The van der Waals surface area contributed by atoms with Crippen LogP contribution in [0.5, 0.6) is 0 Å². The van der Waals surface area contributed by atoms with Crippen LogP contribution in [-0.4, -0.2) is 28.0 Å². The summed E-state index contributed by atoms with van der Waals surface area (Å²) in [5.41, 5.74) is -0.0786. The molecular formula is C32H39Cl5N4O4. The van der Waals surface area contributed by atoms with E-state index < -0.39 is 11.7 Å². The summed E-state index contributed by atoms with van der Waals surface area (Å²) in [7, 11) is 0. The molecule has 1 heterocycles. The highest BCUT2D eigenvalue weighted by atomic mass is 35.5. The van der Waals surface area contributed by atoms with Crippen LogP contribution in [0.4, 0.5) is 22.0 Å².